The maximum Gasteiger partial charge on any atom is 0.308 e. The molecule has 1 N–H and O–H groups in total. The second-order valence-corrected chi connectivity index (χ2v) is 7.00. The van der Waals surface area contributed by atoms with Gasteiger partial charge in [0.2, 0.25) is 5.91 Å². The minimum atomic E-state index is -0.257. The first-order chi connectivity index (χ1) is 12.1. The van der Waals surface area contributed by atoms with E-state index in [4.69, 9.17) is 4.74 Å². The third-order valence-corrected chi connectivity index (χ3v) is 4.87. The average Bonchev–Trinajstić information content (AvgIpc) is 2.97. The molecular weight excluding hydrogens is 404 g/mol. The SMILES string of the molecule is COc1cccc(-c2csc(=O)n2CC(=O)Nc2ccc(Br)cc2)c1. The number of carbonyl (C=O) groups is 1. The number of aromatic nitrogens is 1. The number of anilines is 1. The van der Waals surface area contributed by atoms with Crippen molar-refractivity contribution in [2.75, 3.05) is 12.4 Å². The highest BCUT2D eigenvalue weighted by Gasteiger charge is 2.13. The molecule has 0 aliphatic heterocycles. The van der Waals surface area contributed by atoms with E-state index in [1.807, 2.05) is 36.4 Å². The van der Waals surface area contributed by atoms with E-state index < -0.39 is 0 Å². The number of nitrogens with zero attached hydrogens (tertiary/aromatic N) is 1. The van der Waals surface area contributed by atoms with Crippen LogP contribution in [0.15, 0.2) is 63.2 Å². The molecule has 0 saturated carbocycles. The molecule has 0 aliphatic rings. The Morgan fingerprint density at radius 3 is 2.72 bits per heavy atom. The van der Waals surface area contributed by atoms with Crippen molar-refractivity contribution in [3.8, 4) is 17.0 Å². The highest BCUT2D eigenvalue weighted by atomic mass is 79.9. The maximum absolute atomic E-state index is 12.3. The second-order valence-electron chi connectivity index (χ2n) is 5.26. The third-order valence-electron chi connectivity index (χ3n) is 3.58. The number of hydrogen-bond acceptors (Lipinski definition) is 4. The Morgan fingerprint density at radius 1 is 1.24 bits per heavy atom. The molecule has 0 radical (unpaired) electrons. The zero-order chi connectivity index (χ0) is 17.8. The summed E-state index contributed by atoms with van der Waals surface area (Å²) in [7, 11) is 1.59. The molecule has 128 valence electrons. The summed E-state index contributed by atoms with van der Waals surface area (Å²) < 4.78 is 7.62. The number of carbonyl (C=O) groups excluding carboxylic acids is 1. The van der Waals surface area contributed by atoms with Crippen LogP contribution in [0, 0.1) is 0 Å². The van der Waals surface area contributed by atoms with E-state index in [1.165, 1.54) is 4.57 Å². The third kappa shape index (κ3) is 4.18. The Kier molecular flexibility index (Phi) is 5.35. The highest BCUT2D eigenvalue weighted by Crippen LogP contribution is 2.24. The van der Waals surface area contributed by atoms with Gasteiger partial charge in [-0.05, 0) is 36.4 Å². The van der Waals surface area contributed by atoms with Gasteiger partial charge in [-0.3, -0.25) is 14.2 Å². The van der Waals surface area contributed by atoms with Gasteiger partial charge in [0.1, 0.15) is 12.3 Å². The molecule has 0 bridgehead atoms. The van der Waals surface area contributed by atoms with E-state index in [0.29, 0.717) is 17.1 Å². The minimum Gasteiger partial charge on any atom is -0.497 e. The van der Waals surface area contributed by atoms with E-state index in [2.05, 4.69) is 21.2 Å². The van der Waals surface area contributed by atoms with Crippen LogP contribution in [0.3, 0.4) is 0 Å². The first-order valence-electron chi connectivity index (χ1n) is 7.45. The molecule has 0 spiro atoms. The van der Waals surface area contributed by atoms with Crippen molar-refractivity contribution < 1.29 is 9.53 Å². The van der Waals surface area contributed by atoms with Gasteiger partial charge < -0.3 is 10.1 Å². The van der Waals surface area contributed by atoms with Gasteiger partial charge in [0, 0.05) is 21.1 Å². The lowest BCUT2D eigenvalue weighted by molar-refractivity contribution is -0.116. The molecule has 0 fully saturated rings. The molecule has 7 heteroatoms. The smallest absolute Gasteiger partial charge is 0.308 e. The van der Waals surface area contributed by atoms with Crippen LogP contribution >= 0.6 is 27.3 Å². The van der Waals surface area contributed by atoms with E-state index >= 15 is 0 Å². The molecule has 1 aromatic heterocycles. The van der Waals surface area contributed by atoms with Gasteiger partial charge in [-0.2, -0.15) is 0 Å². The molecule has 0 atom stereocenters. The number of amides is 1. The molecular formula is C18H15BrN2O3S. The largest absolute Gasteiger partial charge is 0.497 e. The number of hydrogen-bond donors (Lipinski definition) is 1. The van der Waals surface area contributed by atoms with Crippen molar-refractivity contribution in [2.45, 2.75) is 6.54 Å². The summed E-state index contributed by atoms with van der Waals surface area (Å²) in [6, 6.07) is 14.7. The quantitative estimate of drug-likeness (QED) is 0.681. The van der Waals surface area contributed by atoms with Crippen LogP contribution in [0.5, 0.6) is 5.75 Å². The summed E-state index contributed by atoms with van der Waals surface area (Å²) in [6.45, 7) is -0.0507. The van der Waals surface area contributed by atoms with E-state index in [0.717, 1.165) is 21.4 Å². The van der Waals surface area contributed by atoms with Crippen LogP contribution in [-0.2, 0) is 11.3 Å². The number of nitrogens with one attached hydrogen (secondary N) is 1. The van der Waals surface area contributed by atoms with Gasteiger partial charge in [0.05, 0.1) is 12.8 Å². The lowest BCUT2D eigenvalue weighted by atomic mass is 10.1. The van der Waals surface area contributed by atoms with Crippen molar-refractivity contribution in [1.82, 2.24) is 4.57 Å². The number of benzene rings is 2. The fraction of sp³-hybridized carbons (Fsp3) is 0.111. The lowest BCUT2D eigenvalue weighted by Gasteiger charge is -2.10. The summed E-state index contributed by atoms with van der Waals surface area (Å²) in [5.74, 6) is 0.439. The van der Waals surface area contributed by atoms with Crippen LogP contribution in [0.1, 0.15) is 0 Å². The fourth-order valence-corrected chi connectivity index (χ4v) is 3.40. The molecule has 3 rings (SSSR count). The molecule has 1 heterocycles. The fourth-order valence-electron chi connectivity index (χ4n) is 2.37. The van der Waals surface area contributed by atoms with Crippen molar-refractivity contribution in [3.63, 3.8) is 0 Å². The van der Waals surface area contributed by atoms with Crippen LogP contribution in [0.25, 0.3) is 11.3 Å². The zero-order valence-electron chi connectivity index (χ0n) is 13.4. The minimum absolute atomic E-state index is 0.0507. The van der Waals surface area contributed by atoms with Crippen molar-refractivity contribution in [1.29, 1.82) is 0 Å². The molecule has 25 heavy (non-hydrogen) atoms. The molecule has 2 aromatic carbocycles. The summed E-state index contributed by atoms with van der Waals surface area (Å²) >= 11 is 4.42. The van der Waals surface area contributed by atoms with Gasteiger partial charge in [-0.25, -0.2) is 0 Å². The standard InChI is InChI=1S/C18H15BrN2O3S/c1-24-15-4-2-3-12(9-15)16-11-25-18(23)21(16)10-17(22)20-14-7-5-13(19)6-8-14/h2-9,11H,10H2,1H3,(H,20,22). The normalized spacial score (nSPS) is 10.5. The summed E-state index contributed by atoms with van der Waals surface area (Å²) in [4.78, 5) is 24.3. The summed E-state index contributed by atoms with van der Waals surface area (Å²) in [5.41, 5.74) is 2.20. The van der Waals surface area contributed by atoms with Crippen LogP contribution in [-0.4, -0.2) is 17.6 Å². The topological polar surface area (TPSA) is 60.3 Å². The van der Waals surface area contributed by atoms with Gasteiger partial charge in [0.25, 0.3) is 0 Å². The zero-order valence-corrected chi connectivity index (χ0v) is 15.8. The Bertz CT molecular complexity index is 947. The average molecular weight is 419 g/mol. The Hall–Kier alpha value is -2.38. The number of methoxy groups -OCH3 is 1. The molecule has 1 amide bonds. The first kappa shape index (κ1) is 17.4. The monoisotopic (exact) mass is 418 g/mol. The van der Waals surface area contributed by atoms with Crippen LogP contribution in [0.2, 0.25) is 0 Å². The summed E-state index contributed by atoms with van der Waals surface area (Å²) in [5, 5.41) is 4.55. The van der Waals surface area contributed by atoms with Crippen molar-refractivity contribution in [2.24, 2.45) is 0 Å². The molecule has 0 aliphatic carbocycles. The van der Waals surface area contributed by atoms with Gasteiger partial charge in [-0.15, -0.1) is 0 Å². The molecule has 0 unspecified atom stereocenters. The molecule has 5 nitrogen and oxygen atoms in total. The van der Waals surface area contributed by atoms with E-state index in [1.54, 1.807) is 24.6 Å². The second kappa shape index (κ2) is 7.67. The van der Waals surface area contributed by atoms with Gasteiger partial charge >= 0.3 is 4.87 Å². The van der Waals surface area contributed by atoms with Gasteiger partial charge in [0.15, 0.2) is 0 Å². The van der Waals surface area contributed by atoms with E-state index in [9.17, 15) is 9.59 Å². The number of rotatable bonds is 5. The number of thiazole rings is 1. The van der Waals surface area contributed by atoms with Crippen LogP contribution < -0.4 is 14.9 Å². The van der Waals surface area contributed by atoms with Gasteiger partial charge in [-0.1, -0.05) is 39.4 Å². The number of halogens is 1. The first-order valence-corrected chi connectivity index (χ1v) is 9.12. The molecule has 3 aromatic rings. The van der Waals surface area contributed by atoms with Crippen LogP contribution in [0.4, 0.5) is 5.69 Å². The van der Waals surface area contributed by atoms with Crippen molar-refractivity contribution >= 4 is 38.9 Å². The molecule has 0 saturated heterocycles. The Balaban J connectivity index is 1.83. The summed E-state index contributed by atoms with van der Waals surface area (Å²) in [6.07, 6.45) is 0. The number of ether oxygens (including phenoxy) is 1. The highest BCUT2D eigenvalue weighted by molar-refractivity contribution is 9.10. The Labute approximate surface area is 157 Å². The lowest BCUT2D eigenvalue weighted by Crippen LogP contribution is -2.25. The predicted octanol–water partition coefficient (Wildman–Crippen LogP) is 3.99. The van der Waals surface area contributed by atoms with Crippen molar-refractivity contribution in [3.05, 3.63) is 68.1 Å². The Morgan fingerprint density at radius 2 is 2.00 bits per heavy atom. The van der Waals surface area contributed by atoms with E-state index in [-0.39, 0.29) is 17.3 Å². The maximum atomic E-state index is 12.3. The predicted molar refractivity (Wildman–Crippen MR) is 103 cm³/mol.